The number of phenolic OH excluding ortho intramolecular Hbond substituents is 2. The van der Waals surface area contributed by atoms with Crippen molar-refractivity contribution < 1.29 is 24.5 Å². The highest BCUT2D eigenvalue weighted by molar-refractivity contribution is 7.99. The lowest BCUT2D eigenvalue weighted by Gasteiger charge is -2.26. The maximum Gasteiger partial charge on any atom is 0.196 e. The number of aromatic hydroxyl groups is 2. The van der Waals surface area contributed by atoms with E-state index in [9.17, 15) is 15.0 Å². The second-order valence-corrected chi connectivity index (χ2v) is 8.23. The van der Waals surface area contributed by atoms with E-state index >= 15 is 0 Å². The van der Waals surface area contributed by atoms with E-state index in [0.717, 1.165) is 11.8 Å². The second-order valence-electron chi connectivity index (χ2n) is 7.29. The lowest BCUT2D eigenvalue weighted by molar-refractivity contribution is 0.0835. The summed E-state index contributed by atoms with van der Waals surface area (Å²) >= 11 is 1.20. The van der Waals surface area contributed by atoms with Crippen molar-refractivity contribution in [1.82, 2.24) is 14.8 Å². The molecule has 1 atom stereocenters. The van der Waals surface area contributed by atoms with Crippen LogP contribution in [0.15, 0.2) is 78.0 Å². The van der Waals surface area contributed by atoms with Gasteiger partial charge >= 0.3 is 0 Å². The minimum atomic E-state index is -0.487. The minimum Gasteiger partial charge on any atom is -0.508 e. The van der Waals surface area contributed by atoms with E-state index in [4.69, 9.17) is 9.47 Å². The van der Waals surface area contributed by atoms with Crippen LogP contribution in [0, 0.1) is 0 Å². The molecule has 5 rings (SSSR count). The zero-order valence-electron chi connectivity index (χ0n) is 17.3. The molecule has 1 aromatic heterocycles. The number of para-hydroxylation sites is 3. The third kappa shape index (κ3) is 4.22. The molecule has 0 aliphatic carbocycles. The van der Waals surface area contributed by atoms with E-state index in [2.05, 4.69) is 10.2 Å². The van der Waals surface area contributed by atoms with Crippen molar-refractivity contribution >= 4 is 17.5 Å². The third-order valence-electron chi connectivity index (χ3n) is 5.08. The summed E-state index contributed by atoms with van der Waals surface area (Å²) in [6.45, 7) is 0.271. The van der Waals surface area contributed by atoms with Gasteiger partial charge in [-0.3, -0.25) is 9.36 Å². The Morgan fingerprint density at radius 1 is 1.00 bits per heavy atom. The number of ether oxygens (including phenoxy) is 2. The van der Waals surface area contributed by atoms with E-state index in [-0.39, 0.29) is 35.2 Å². The van der Waals surface area contributed by atoms with E-state index in [1.54, 1.807) is 0 Å². The van der Waals surface area contributed by atoms with Crippen LogP contribution in [0.25, 0.3) is 5.69 Å². The fourth-order valence-electron chi connectivity index (χ4n) is 3.51. The Bertz CT molecular complexity index is 1310. The summed E-state index contributed by atoms with van der Waals surface area (Å²) < 4.78 is 13.8. The summed E-state index contributed by atoms with van der Waals surface area (Å²) in [6, 6.07) is 20.9. The lowest BCUT2D eigenvalue weighted by Crippen LogP contribution is -2.24. The Balaban J connectivity index is 1.44. The Hall–Kier alpha value is -3.98. The number of phenols is 2. The van der Waals surface area contributed by atoms with Gasteiger partial charge in [0.05, 0.1) is 11.3 Å². The highest BCUT2D eigenvalue weighted by Crippen LogP contribution is 2.37. The molecule has 0 fully saturated rings. The molecule has 1 aliphatic rings. The van der Waals surface area contributed by atoms with Crippen LogP contribution in [-0.4, -0.2) is 43.1 Å². The summed E-state index contributed by atoms with van der Waals surface area (Å²) in [7, 11) is 0. The molecule has 8 nitrogen and oxygen atoms in total. The van der Waals surface area contributed by atoms with Crippen molar-refractivity contribution in [2.24, 2.45) is 0 Å². The highest BCUT2D eigenvalue weighted by atomic mass is 32.2. The predicted molar refractivity (Wildman–Crippen MR) is 121 cm³/mol. The highest BCUT2D eigenvalue weighted by Gasteiger charge is 2.29. The largest absolute Gasteiger partial charge is 0.508 e. The third-order valence-corrected chi connectivity index (χ3v) is 6.01. The number of carbonyl (C=O) groups is 1. The molecule has 2 heterocycles. The zero-order chi connectivity index (χ0) is 22.8. The van der Waals surface area contributed by atoms with Crippen LogP contribution in [0.5, 0.6) is 23.0 Å². The molecule has 4 aromatic rings. The molecule has 0 radical (unpaired) electrons. The van der Waals surface area contributed by atoms with Gasteiger partial charge in [-0.1, -0.05) is 42.1 Å². The van der Waals surface area contributed by atoms with Crippen LogP contribution < -0.4 is 9.47 Å². The first-order valence-electron chi connectivity index (χ1n) is 10.2. The molecule has 9 heteroatoms. The van der Waals surface area contributed by atoms with Crippen molar-refractivity contribution in [3.63, 3.8) is 0 Å². The number of aromatic nitrogens is 3. The molecule has 0 spiro atoms. The average molecular weight is 461 g/mol. The Morgan fingerprint density at radius 3 is 2.55 bits per heavy atom. The van der Waals surface area contributed by atoms with Gasteiger partial charge < -0.3 is 19.7 Å². The summed E-state index contributed by atoms with van der Waals surface area (Å²) in [5.41, 5.74) is 0.953. The molecule has 1 unspecified atom stereocenters. The van der Waals surface area contributed by atoms with Crippen LogP contribution in [0.2, 0.25) is 0 Å². The molecule has 166 valence electrons. The van der Waals surface area contributed by atoms with Gasteiger partial charge in [0.25, 0.3) is 0 Å². The van der Waals surface area contributed by atoms with Gasteiger partial charge in [0.2, 0.25) is 0 Å². The van der Waals surface area contributed by atoms with Crippen LogP contribution in [0.3, 0.4) is 0 Å². The molecular formula is C24H19N3O5S. The first-order chi connectivity index (χ1) is 16.1. The first kappa shape index (κ1) is 20.9. The number of ketones is 1. The van der Waals surface area contributed by atoms with Gasteiger partial charge in [0, 0.05) is 11.8 Å². The summed E-state index contributed by atoms with van der Waals surface area (Å²) in [5, 5.41) is 28.6. The molecular weight excluding hydrogens is 442 g/mol. The standard InChI is InChI=1S/C24H19N3O5S/c28-16-10-11-17(18(29)12-16)19(30)14-33-24-26-25-23(27(24)15-6-2-1-3-7-15)22-13-31-20-8-4-5-9-21(20)32-22/h1-12,22,28-29H,13-14H2. The Labute approximate surface area is 193 Å². The van der Waals surface area contributed by atoms with Gasteiger partial charge in [0.1, 0.15) is 18.1 Å². The molecule has 1 aliphatic heterocycles. The number of rotatable bonds is 6. The number of hydrogen-bond acceptors (Lipinski definition) is 8. The fourth-order valence-corrected chi connectivity index (χ4v) is 4.36. The van der Waals surface area contributed by atoms with Crippen molar-refractivity contribution in [1.29, 1.82) is 0 Å². The SMILES string of the molecule is O=C(CSc1nnc(C2COc3ccccc3O2)n1-c1ccccc1)c1ccc(O)cc1O. The second kappa shape index (κ2) is 8.87. The van der Waals surface area contributed by atoms with Gasteiger partial charge in [-0.2, -0.15) is 0 Å². The van der Waals surface area contributed by atoms with E-state index in [1.165, 1.54) is 23.9 Å². The fraction of sp³-hybridized carbons (Fsp3) is 0.125. The number of nitrogens with zero attached hydrogens (tertiary/aromatic N) is 3. The van der Waals surface area contributed by atoms with Crippen LogP contribution in [0.1, 0.15) is 22.3 Å². The topological polar surface area (TPSA) is 107 Å². The first-order valence-corrected chi connectivity index (χ1v) is 11.2. The van der Waals surface area contributed by atoms with Gasteiger partial charge in [-0.05, 0) is 36.4 Å². The summed E-state index contributed by atoms with van der Waals surface area (Å²) in [5.74, 6) is 1.20. The molecule has 0 saturated carbocycles. The van der Waals surface area contributed by atoms with Crippen molar-refractivity contribution in [3.8, 4) is 28.7 Å². The maximum atomic E-state index is 12.7. The van der Waals surface area contributed by atoms with Gasteiger partial charge in [-0.15, -0.1) is 10.2 Å². The number of Topliss-reactive ketones (excluding diaryl/α,β-unsaturated/α-hetero) is 1. The average Bonchev–Trinajstić information content (AvgIpc) is 3.27. The Kier molecular flexibility index (Phi) is 5.62. The van der Waals surface area contributed by atoms with Crippen molar-refractivity contribution in [2.45, 2.75) is 11.3 Å². The summed E-state index contributed by atoms with van der Waals surface area (Å²) in [4.78, 5) is 12.7. The number of fused-ring (bicyclic) bond motifs is 1. The molecule has 3 aromatic carbocycles. The van der Waals surface area contributed by atoms with E-state index in [0.29, 0.717) is 22.5 Å². The number of thioether (sulfide) groups is 1. The van der Waals surface area contributed by atoms with Gasteiger partial charge in [-0.25, -0.2) is 0 Å². The monoisotopic (exact) mass is 461 g/mol. The Morgan fingerprint density at radius 2 is 1.76 bits per heavy atom. The molecule has 0 amide bonds. The predicted octanol–water partition coefficient (Wildman–Crippen LogP) is 4.17. The smallest absolute Gasteiger partial charge is 0.196 e. The normalized spacial score (nSPS) is 14.7. The number of benzene rings is 3. The van der Waals surface area contributed by atoms with Crippen LogP contribution >= 0.6 is 11.8 Å². The lowest BCUT2D eigenvalue weighted by atomic mass is 10.1. The molecule has 2 N–H and O–H groups in total. The summed E-state index contributed by atoms with van der Waals surface area (Å²) in [6.07, 6.45) is -0.487. The number of hydrogen-bond donors (Lipinski definition) is 2. The molecule has 0 bridgehead atoms. The maximum absolute atomic E-state index is 12.7. The van der Waals surface area contributed by atoms with E-state index < -0.39 is 6.10 Å². The molecule has 0 saturated heterocycles. The van der Waals surface area contributed by atoms with Crippen molar-refractivity contribution in [3.05, 3.63) is 84.2 Å². The van der Waals surface area contributed by atoms with Crippen LogP contribution in [-0.2, 0) is 0 Å². The van der Waals surface area contributed by atoms with Gasteiger partial charge in [0.15, 0.2) is 34.4 Å². The minimum absolute atomic E-state index is 0.0220. The number of carbonyl (C=O) groups excluding carboxylic acids is 1. The van der Waals surface area contributed by atoms with Crippen LogP contribution in [0.4, 0.5) is 0 Å². The van der Waals surface area contributed by atoms with E-state index in [1.807, 2.05) is 59.2 Å². The quantitative estimate of drug-likeness (QED) is 0.326. The molecule has 33 heavy (non-hydrogen) atoms. The zero-order valence-corrected chi connectivity index (χ0v) is 18.1. The van der Waals surface area contributed by atoms with Crippen molar-refractivity contribution in [2.75, 3.05) is 12.4 Å².